The van der Waals surface area contributed by atoms with E-state index in [4.69, 9.17) is 10.8 Å². The largest absolute Gasteiger partial charge is 0.398 e. The van der Waals surface area contributed by atoms with Gasteiger partial charge in [-0.3, -0.25) is 0 Å². The van der Waals surface area contributed by atoms with Crippen molar-refractivity contribution in [1.29, 1.82) is 0 Å². The highest BCUT2D eigenvalue weighted by Gasteiger charge is 2.22. The number of aliphatic hydroxyl groups is 1. The lowest BCUT2D eigenvalue weighted by Gasteiger charge is -2.22. The molecule has 0 saturated heterocycles. The van der Waals surface area contributed by atoms with E-state index >= 15 is 0 Å². The Hall–Kier alpha value is -1.11. The maximum atomic E-state index is 12.1. The molecule has 0 saturated carbocycles. The van der Waals surface area contributed by atoms with E-state index < -0.39 is 15.4 Å². The predicted octanol–water partition coefficient (Wildman–Crippen LogP) is 0.874. The molecule has 4 N–H and O–H groups in total. The van der Waals surface area contributed by atoms with Gasteiger partial charge < -0.3 is 10.8 Å². The number of nitrogens with one attached hydrogen (secondary N) is 1. The quantitative estimate of drug-likeness (QED) is 0.694. The second-order valence-corrected chi connectivity index (χ2v) is 6.92. The smallest absolute Gasteiger partial charge is 0.242 e. The Morgan fingerprint density at radius 3 is 2.50 bits per heavy atom. The molecule has 1 aromatic rings. The van der Waals surface area contributed by atoms with Gasteiger partial charge in [-0.15, -0.1) is 0 Å². The van der Waals surface area contributed by atoms with E-state index in [0.29, 0.717) is 0 Å². The average molecular weight is 272 g/mol. The van der Waals surface area contributed by atoms with Crippen LogP contribution in [0.4, 0.5) is 5.69 Å². The molecule has 0 fully saturated rings. The molecule has 6 heteroatoms. The highest BCUT2D eigenvalue weighted by atomic mass is 32.2. The molecule has 0 aliphatic heterocycles. The van der Waals surface area contributed by atoms with E-state index in [1.54, 1.807) is 26.0 Å². The fourth-order valence-corrected chi connectivity index (χ4v) is 2.69. The average Bonchev–Trinajstić information content (AvgIpc) is 2.26. The lowest BCUT2D eigenvalue weighted by Crippen LogP contribution is -2.36. The van der Waals surface area contributed by atoms with E-state index in [9.17, 15) is 8.42 Å². The molecule has 0 aliphatic rings. The van der Waals surface area contributed by atoms with Crippen molar-refractivity contribution in [2.75, 3.05) is 18.9 Å². The minimum Gasteiger partial charge on any atom is -0.398 e. The second-order valence-electron chi connectivity index (χ2n) is 5.19. The maximum Gasteiger partial charge on any atom is 0.242 e. The van der Waals surface area contributed by atoms with Crippen molar-refractivity contribution >= 4 is 15.7 Å². The third-order valence-electron chi connectivity index (χ3n) is 2.62. The Labute approximate surface area is 108 Å². The van der Waals surface area contributed by atoms with Crippen LogP contribution in [0.25, 0.3) is 0 Å². The number of nitrogens with two attached hydrogens (primary N) is 1. The van der Waals surface area contributed by atoms with Gasteiger partial charge in [0.15, 0.2) is 0 Å². The van der Waals surface area contributed by atoms with Crippen LogP contribution in [0.3, 0.4) is 0 Å². The summed E-state index contributed by atoms with van der Waals surface area (Å²) in [6.07, 6.45) is 0. The molecule has 18 heavy (non-hydrogen) atoms. The van der Waals surface area contributed by atoms with Gasteiger partial charge in [0.2, 0.25) is 10.0 Å². The van der Waals surface area contributed by atoms with Crippen molar-refractivity contribution < 1.29 is 13.5 Å². The minimum atomic E-state index is -3.64. The first-order valence-corrected chi connectivity index (χ1v) is 7.13. The number of anilines is 1. The van der Waals surface area contributed by atoms with Gasteiger partial charge in [0.05, 0.1) is 5.69 Å². The van der Waals surface area contributed by atoms with Gasteiger partial charge in [0.25, 0.3) is 0 Å². The molecule has 5 nitrogen and oxygen atoms in total. The SMILES string of the molecule is Cc1ccc(S(=O)(=O)NCC(C)(C)CO)c(N)c1. The van der Waals surface area contributed by atoms with Crippen molar-refractivity contribution in [2.45, 2.75) is 25.7 Å². The number of aliphatic hydroxyl groups excluding tert-OH is 1. The number of hydrogen-bond acceptors (Lipinski definition) is 4. The normalized spacial score (nSPS) is 12.7. The minimum absolute atomic E-state index is 0.0711. The molecule has 0 aliphatic carbocycles. The van der Waals surface area contributed by atoms with Crippen LogP contribution in [0.15, 0.2) is 23.1 Å². The third kappa shape index (κ3) is 3.69. The number of sulfonamides is 1. The van der Waals surface area contributed by atoms with Crippen LogP contribution >= 0.6 is 0 Å². The van der Waals surface area contributed by atoms with Gasteiger partial charge in [-0.2, -0.15) is 0 Å². The topological polar surface area (TPSA) is 92.4 Å². The summed E-state index contributed by atoms with van der Waals surface area (Å²) in [4.78, 5) is 0.0711. The molecular weight excluding hydrogens is 252 g/mol. The summed E-state index contributed by atoms with van der Waals surface area (Å²) < 4.78 is 26.6. The molecule has 0 bridgehead atoms. The second kappa shape index (κ2) is 5.26. The number of rotatable bonds is 5. The molecule has 102 valence electrons. The highest BCUT2D eigenvalue weighted by molar-refractivity contribution is 7.89. The van der Waals surface area contributed by atoms with Gasteiger partial charge in [0.1, 0.15) is 4.90 Å². The number of nitrogen functional groups attached to an aromatic ring is 1. The Kier molecular flexibility index (Phi) is 4.37. The zero-order chi connectivity index (χ0) is 14.0. The van der Waals surface area contributed by atoms with Gasteiger partial charge in [-0.05, 0) is 24.6 Å². The summed E-state index contributed by atoms with van der Waals surface area (Å²) in [6.45, 7) is 5.44. The number of benzene rings is 1. The van der Waals surface area contributed by atoms with Crippen LogP contribution in [0.5, 0.6) is 0 Å². The maximum absolute atomic E-state index is 12.1. The third-order valence-corrected chi connectivity index (χ3v) is 4.10. The van der Waals surface area contributed by atoms with Gasteiger partial charge in [0, 0.05) is 18.6 Å². The summed E-state index contributed by atoms with van der Waals surface area (Å²) in [5.74, 6) is 0. The molecule has 0 spiro atoms. The fraction of sp³-hybridized carbons (Fsp3) is 0.500. The molecule has 0 aromatic heterocycles. The molecule has 0 radical (unpaired) electrons. The van der Waals surface area contributed by atoms with Gasteiger partial charge in [-0.1, -0.05) is 19.9 Å². The van der Waals surface area contributed by atoms with E-state index in [-0.39, 0.29) is 23.7 Å². The fourth-order valence-electron chi connectivity index (χ4n) is 1.34. The lowest BCUT2D eigenvalue weighted by molar-refractivity contribution is 0.163. The van der Waals surface area contributed by atoms with Gasteiger partial charge >= 0.3 is 0 Å². The van der Waals surface area contributed by atoms with Crippen molar-refractivity contribution in [1.82, 2.24) is 4.72 Å². The van der Waals surface area contributed by atoms with E-state index in [2.05, 4.69) is 4.72 Å². The monoisotopic (exact) mass is 272 g/mol. The van der Waals surface area contributed by atoms with Crippen LogP contribution < -0.4 is 10.5 Å². The predicted molar refractivity (Wildman–Crippen MR) is 71.6 cm³/mol. The van der Waals surface area contributed by atoms with Crippen LogP contribution in [0.2, 0.25) is 0 Å². The summed E-state index contributed by atoms with van der Waals surface area (Å²) in [5, 5.41) is 9.09. The van der Waals surface area contributed by atoms with Crippen molar-refractivity contribution in [3.63, 3.8) is 0 Å². The van der Waals surface area contributed by atoms with E-state index in [1.807, 2.05) is 6.92 Å². The standard InChI is InChI=1S/C12H20N2O3S/c1-9-4-5-11(10(13)6-9)18(16,17)14-7-12(2,3)8-15/h4-6,14-15H,7-8,13H2,1-3H3. The summed E-state index contributed by atoms with van der Waals surface area (Å²) in [6, 6.07) is 4.80. The van der Waals surface area contributed by atoms with Crippen LogP contribution in [-0.4, -0.2) is 26.7 Å². The molecular formula is C12H20N2O3S. The first-order valence-electron chi connectivity index (χ1n) is 5.65. The first-order chi connectivity index (χ1) is 8.18. The van der Waals surface area contributed by atoms with Crippen LogP contribution in [-0.2, 0) is 10.0 Å². The van der Waals surface area contributed by atoms with E-state index in [0.717, 1.165) is 5.56 Å². The molecule has 0 heterocycles. The Morgan fingerprint density at radius 1 is 1.39 bits per heavy atom. The van der Waals surface area contributed by atoms with Crippen molar-refractivity contribution in [2.24, 2.45) is 5.41 Å². The highest BCUT2D eigenvalue weighted by Crippen LogP contribution is 2.20. The van der Waals surface area contributed by atoms with Crippen LogP contribution in [0, 0.1) is 12.3 Å². The molecule has 0 atom stereocenters. The summed E-state index contributed by atoms with van der Waals surface area (Å²) in [5.41, 5.74) is 6.33. The molecule has 0 amide bonds. The summed E-state index contributed by atoms with van der Waals surface area (Å²) in [7, 11) is -3.64. The first kappa shape index (κ1) is 14.9. The van der Waals surface area contributed by atoms with E-state index in [1.165, 1.54) is 6.07 Å². The number of aryl methyl sites for hydroxylation is 1. The number of hydrogen-bond donors (Lipinski definition) is 3. The Morgan fingerprint density at radius 2 is 2.00 bits per heavy atom. The summed E-state index contributed by atoms with van der Waals surface area (Å²) >= 11 is 0. The van der Waals surface area contributed by atoms with Gasteiger partial charge in [-0.25, -0.2) is 13.1 Å². The van der Waals surface area contributed by atoms with Crippen molar-refractivity contribution in [3.8, 4) is 0 Å². The zero-order valence-electron chi connectivity index (χ0n) is 10.9. The Balaban J connectivity index is 2.94. The molecule has 1 rings (SSSR count). The zero-order valence-corrected chi connectivity index (χ0v) is 11.7. The van der Waals surface area contributed by atoms with Crippen molar-refractivity contribution in [3.05, 3.63) is 23.8 Å². The van der Waals surface area contributed by atoms with Crippen LogP contribution in [0.1, 0.15) is 19.4 Å². The molecule has 0 unspecified atom stereocenters. The molecule has 1 aromatic carbocycles. The lowest BCUT2D eigenvalue weighted by atomic mass is 9.96. The Bertz CT molecular complexity index is 524.